The summed E-state index contributed by atoms with van der Waals surface area (Å²) >= 11 is 0. The van der Waals surface area contributed by atoms with Gasteiger partial charge in [-0.1, -0.05) is 158 Å². The normalized spacial score (nSPS) is 13.5. The van der Waals surface area contributed by atoms with Crippen LogP contribution in [-0.4, -0.2) is 184 Å². The number of benzene rings is 5. The number of carboxylic acid groups (broad SMARTS) is 4. The number of amides is 7. The maximum atomic E-state index is 13.6. The average molecular weight is 1800 g/mol. The van der Waals surface area contributed by atoms with Crippen molar-refractivity contribution in [3.05, 3.63) is 131 Å². The summed E-state index contributed by atoms with van der Waals surface area (Å²) in [7, 11) is 3.75. The van der Waals surface area contributed by atoms with E-state index in [0.717, 1.165) is 98.9 Å². The van der Waals surface area contributed by atoms with E-state index in [1.807, 2.05) is 61.5 Å². The van der Waals surface area contributed by atoms with Crippen molar-refractivity contribution < 1.29 is 119 Å². The smallest absolute Gasteiger partial charge is 0.223 e. The first-order chi connectivity index (χ1) is 61.5. The van der Waals surface area contributed by atoms with Crippen LogP contribution in [0.4, 0.5) is 11.4 Å². The van der Waals surface area contributed by atoms with Crippen LogP contribution in [0.15, 0.2) is 109 Å². The summed E-state index contributed by atoms with van der Waals surface area (Å²) in [5, 5.41) is 66.5. The minimum atomic E-state index is -1.58. The molecule has 0 radical (unpaired) electrons. The standard InChI is InChI=1S/C39H53N5O4.C33H42N4O9.C14H29NO.C11H18N2O6/c1-28(24-32-11-14-33(15-12-32)34-16-19-36(20-17-34)44-30(3)46)25-39(48)38(42-22-7-10-37(47)27-43-29(2)45)21-23-41-26-35(40)18-13-31-8-5-4-6-9-31;1-4-23(34)26(38)17-18(32(44)35-16-15-24(33(45)46)36-27(39)9-6-10-28(40)41)11-12-22-30(42)20-8-5-7-19-25(37(2)3)14-13-21(29(19)20)31(22)43;1-3-5-7-8-9-10-11-12-14(16)15-13-6-4-2;1-7(14)12-6-5-8(11(18)19)13-9(15)3-2-4-10(16)17/h4-6,8-9,11-12,14-17,19-20,28,35,38,41-42H,7,10,13,18,21-27,40H2,1-3H3,(H,43,45)(H,44,46);5,7-8,13-14,18,22-24H,4,6,9-12,15-17,34H2,1-3H3,(H,35,44)(H,36,39)(H,40,41)(H,45,46);3-13H2,1-2H3,(H,15,16);8H,2-6H2,1H3,(H,12,14)(H,13,15)(H,16,17)(H,18,19)/t28-,35-,38-;18-,22?,23-,24+;;8-/m00.1/s1. The van der Waals surface area contributed by atoms with Crippen LogP contribution in [0.1, 0.15) is 254 Å². The number of carboxylic acids is 4. The fourth-order valence-electron chi connectivity index (χ4n) is 14.6. The summed E-state index contributed by atoms with van der Waals surface area (Å²) in [6.45, 7) is 15.8. The molecule has 1 unspecified atom stereocenters. The second-order valence-electron chi connectivity index (χ2n) is 33.5. The number of carbonyl (C=O) groups is 16. The van der Waals surface area contributed by atoms with Gasteiger partial charge in [-0.3, -0.25) is 57.5 Å². The first-order valence-corrected chi connectivity index (χ1v) is 45.6. The summed E-state index contributed by atoms with van der Waals surface area (Å²) < 4.78 is 0. The fourth-order valence-corrected chi connectivity index (χ4v) is 14.6. The quantitative estimate of drug-likeness (QED) is 0.0195. The Morgan fingerprint density at radius 1 is 0.496 bits per heavy atom. The highest BCUT2D eigenvalue weighted by molar-refractivity contribution is 6.30. The minimum Gasteiger partial charge on any atom is -0.550 e. The Morgan fingerprint density at radius 3 is 1.60 bits per heavy atom. The van der Waals surface area contributed by atoms with Crippen LogP contribution < -0.4 is 84.6 Å². The highest BCUT2D eigenvalue weighted by Gasteiger charge is 2.38. The van der Waals surface area contributed by atoms with Crippen molar-refractivity contribution in [1.82, 2.24) is 31.9 Å². The lowest BCUT2D eigenvalue weighted by Crippen LogP contribution is -2.95. The van der Waals surface area contributed by atoms with Gasteiger partial charge < -0.3 is 104 Å². The van der Waals surface area contributed by atoms with Gasteiger partial charge >= 0.3 is 0 Å². The summed E-state index contributed by atoms with van der Waals surface area (Å²) in [5.74, 6) is -10.3. The van der Waals surface area contributed by atoms with Gasteiger partial charge in [-0.2, -0.15) is 0 Å². The van der Waals surface area contributed by atoms with E-state index >= 15 is 0 Å². The molecule has 8 atom stereocenters. The molecule has 0 saturated heterocycles. The molecule has 32 nitrogen and oxygen atoms in total. The topological polar surface area (TPSA) is 541 Å². The van der Waals surface area contributed by atoms with E-state index in [1.54, 1.807) is 25.1 Å². The molecule has 1 aliphatic rings. The van der Waals surface area contributed by atoms with Crippen molar-refractivity contribution in [2.24, 2.45) is 17.8 Å². The first-order valence-electron chi connectivity index (χ1n) is 45.6. The van der Waals surface area contributed by atoms with Gasteiger partial charge in [-0.05, 0) is 129 Å². The number of carbonyl (C=O) groups excluding carboxylic acids is 16. The zero-order valence-electron chi connectivity index (χ0n) is 77.1. The van der Waals surface area contributed by atoms with E-state index in [0.29, 0.717) is 54.8 Å². The molecule has 0 fully saturated rings. The summed E-state index contributed by atoms with van der Waals surface area (Å²) in [4.78, 5) is 192. The van der Waals surface area contributed by atoms with E-state index in [-0.39, 0.29) is 155 Å². The van der Waals surface area contributed by atoms with E-state index < -0.39 is 71.6 Å². The number of ketones is 5. The van der Waals surface area contributed by atoms with Crippen molar-refractivity contribution in [2.75, 3.05) is 70.1 Å². The van der Waals surface area contributed by atoms with Gasteiger partial charge in [-0.25, -0.2) is 0 Å². The maximum Gasteiger partial charge on any atom is 0.223 e. The molecule has 710 valence electrons. The third kappa shape index (κ3) is 46.9. The molecule has 5 aromatic carbocycles. The Bertz CT molecular complexity index is 4370. The summed E-state index contributed by atoms with van der Waals surface area (Å²) in [6.07, 6.45) is 16.3. The van der Waals surface area contributed by atoms with Crippen LogP contribution in [0.3, 0.4) is 0 Å². The van der Waals surface area contributed by atoms with Crippen LogP contribution in [0.5, 0.6) is 0 Å². The van der Waals surface area contributed by atoms with Gasteiger partial charge in [0.05, 0.1) is 56.0 Å². The molecule has 0 aliphatic heterocycles. The lowest BCUT2D eigenvalue weighted by Gasteiger charge is -2.26. The lowest BCUT2D eigenvalue weighted by atomic mass is 9.76. The third-order valence-corrected chi connectivity index (χ3v) is 22.0. The number of aliphatic carboxylic acids is 4. The Balaban J connectivity index is 0.000000489. The second-order valence-corrected chi connectivity index (χ2v) is 33.5. The molecule has 0 saturated carbocycles. The predicted octanol–water partition coefficient (Wildman–Crippen LogP) is 1.71. The van der Waals surface area contributed by atoms with Gasteiger partial charge in [0.2, 0.25) is 41.4 Å². The summed E-state index contributed by atoms with van der Waals surface area (Å²) in [6, 6.07) is 32.6. The molecule has 32 heteroatoms. The van der Waals surface area contributed by atoms with E-state index in [2.05, 4.69) is 129 Å². The van der Waals surface area contributed by atoms with Crippen molar-refractivity contribution in [2.45, 2.75) is 265 Å². The largest absolute Gasteiger partial charge is 0.550 e. The Kier molecular flexibility index (Phi) is 55.0. The molecule has 1 aliphatic carbocycles. The number of anilines is 2. The van der Waals surface area contributed by atoms with Crippen molar-refractivity contribution in [1.29, 1.82) is 0 Å². The average Bonchev–Trinajstić information content (AvgIpc) is 0.738. The van der Waals surface area contributed by atoms with Crippen LogP contribution in [0.25, 0.3) is 21.9 Å². The van der Waals surface area contributed by atoms with Crippen LogP contribution in [0.2, 0.25) is 0 Å². The number of hydrogen-bond acceptors (Lipinski definition) is 21. The number of unbranched alkanes of at least 4 members (excludes halogenated alkanes) is 7. The molecule has 0 spiro atoms. The number of hydrogen-bond donors (Lipinski definition) is 11. The van der Waals surface area contributed by atoms with E-state index in [1.165, 1.54) is 70.4 Å². The van der Waals surface area contributed by atoms with Gasteiger partial charge in [0.25, 0.3) is 0 Å². The number of rotatable bonds is 60. The molecule has 17 N–H and O–H groups in total. The molecule has 0 aromatic heterocycles. The van der Waals surface area contributed by atoms with E-state index in [4.69, 9.17) is 0 Å². The summed E-state index contributed by atoms with van der Waals surface area (Å²) in [5.41, 5.74) is 15.4. The van der Waals surface area contributed by atoms with Crippen LogP contribution in [0, 0.1) is 17.8 Å². The number of Topliss-reactive ketones (excluding diaryl/α,β-unsaturated/α-hetero) is 5. The lowest BCUT2D eigenvalue weighted by molar-refractivity contribution is -0.704. The predicted molar refractivity (Wildman–Crippen MR) is 483 cm³/mol. The Hall–Kier alpha value is -11.5. The molecular formula is C97H142N12O20. The minimum absolute atomic E-state index is 0.00581. The fraction of sp³-hybridized carbons (Fsp3) is 0.546. The molecule has 6 rings (SSSR count). The third-order valence-electron chi connectivity index (χ3n) is 22.0. The van der Waals surface area contributed by atoms with Crippen molar-refractivity contribution in [3.8, 4) is 11.1 Å². The maximum absolute atomic E-state index is 13.6. The number of nitrogens with zero attached hydrogens (tertiary/aromatic N) is 1. The monoisotopic (exact) mass is 1800 g/mol. The SMILES string of the molecule is CC(=O)NCC(=O)CCC[NH2+][C@@H](CC[NH2+]C[C@@H]([NH3+])CCc1ccccc1)C(=O)C[C@@H](C)Cc1ccc(-c2ccc(NC(C)=O)cc2)cc1.CC(=O)NCC[C@@H](NC(=O)CCCC(=O)[O-])C(=O)[O-].CCCCCCCCCC(=O)NCCCC.CC[C@H]([NH3+])C(=O)C[C@H](CCC1C(=O)c2cccc3c(N(C)C)ccc(c23)C1=O)C(=O)NCC[C@@H](NC(=O)CCCC(=O)[O-])C(=O)[O-]. The van der Waals surface area contributed by atoms with Gasteiger partial charge in [0.15, 0.2) is 35.0 Å². The zero-order valence-corrected chi connectivity index (χ0v) is 77.1. The van der Waals surface area contributed by atoms with Crippen molar-refractivity contribution >= 4 is 116 Å². The number of nitrogens with one attached hydrogen (secondary N) is 7. The zero-order chi connectivity index (χ0) is 95.8. The van der Waals surface area contributed by atoms with Crippen LogP contribution in [-0.2, 0) is 80.0 Å². The molecule has 129 heavy (non-hydrogen) atoms. The molecule has 5 aromatic rings. The Morgan fingerprint density at radius 2 is 1.05 bits per heavy atom. The highest BCUT2D eigenvalue weighted by atomic mass is 16.4. The van der Waals surface area contributed by atoms with Gasteiger partial charge in [-0.15, -0.1) is 0 Å². The number of aryl methyl sites for hydroxylation is 1. The second kappa shape index (κ2) is 63.5. The molecule has 7 amide bonds. The molecule has 0 bridgehead atoms. The van der Waals surface area contributed by atoms with Crippen molar-refractivity contribution in [3.63, 3.8) is 0 Å². The highest BCUT2D eigenvalue weighted by Crippen LogP contribution is 2.39. The number of quaternary nitrogens is 4. The van der Waals surface area contributed by atoms with Gasteiger partial charge in [0, 0.05) is 163 Å². The molecule has 0 heterocycles. The molecular weight excluding hydrogens is 1650 g/mol. The van der Waals surface area contributed by atoms with Crippen LogP contribution >= 0.6 is 0 Å². The van der Waals surface area contributed by atoms with E-state index in [9.17, 15) is 97.1 Å². The first kappa shape index (κ1) is 112. The number of nitrogens with two attached hydrogens (primary N) is 2. The van der Waals surface area contributed by atoms with Gasteiger partial charge in [0.1, 0.15) is 18.6 Å². The Labute approximate surface area is 759 Å².